The first-order valence-corrected chi connectivity index (χ1v) is 10.2. The number of esters is 1. The Morgan fingerprint density at radius 1 is 1.14 bits per heavy atom. The van der Waals surface area contributed by atoms with Crippen molar-refractivity contribution in [1.29, 1.82) is 0 Å². The number of amides is 1. The third-order valence-electron chi connectivity index (χ3n) is 4.11. The minimum absolute atomic E-state index is 0.139. The summed E-state index contributed by atoms with van der Waals surface area (Å²) in [6.45, 7) is 2.60. The molecule has 0 atom stereocenters. The van der Waals surface area contributed by atoms with Gasteiger partial charge in [0.1, 0.15) is 0 Å². The van der Waals surface area contributed by atoms with E-state index < -0.39 is 0 Å². The fraction of sp³-hybridized carbons (Fsp3) is 0.286. The summed E-state index contributed by atoms with van der Waals surface area (Å²) in [7, 11) is 0. The molecule has 6 nitrogen and oxygen atoms in total. The van der Waals surface area contributed by atoms with Crippen LogP contribution in [0.1, 0.15) is 35.7 Å². The maximum Gasteiger partial charge on any atom is 0.305 e. The fourth-order valence-electron chi connectivity index (χ4n) is 2.67. The van der Waals surface area contributed by atoms with Crippen LogP contribution in [0.3, 0.4) is 0 Å². The third kappa shape index (κ3) is 5.60. The first kappa shape index (κ1) is 19.9. The Morgan fingerprint density at radius 2 is 1.93 bits per heavy atom. The smallest absolute Gasteiger partial charge is 0.305 e. The molecule has 3 aromatic rings. The van der Waals surface area contributed by atoms with Gasteiger partial charge in [-0.1, -0.05) is 36.0 Å². The van der Waals surface area contributed by atoms with Crippen molar-refractivity contribution >= 4 is 34.7 Å². The van der Waals surface area contributed by atoms with Crippen LogP contribution in [0.4, 0.5) is 0 Å². The van der Waals surface area contributed by atoms with Gasteiger partial charge in [-0.25, -0.2) is 4.98 Å². The van der Waals surface area contributed by atoms with Crippen molar-refractivity contribution < 1.29 is 14.3 Å². The number of nitrogens with one attached hydrogen (secondary N) is 2. The highest BCUT2D eigenvalue weighted by molar-refractivity contribution is 7.98. The molecular formula is C21H23N3O3S. The average Bonchev–Trinajstić information content (AvgIpc) is 3.13. The van der Waals surface area contributed by atoms with E-state index in [1.54, 1.807) is 18.7 Å². The lowest BCUT2D eigenvalue weighted by Crippen LogP contribution is -2.25. The number of hydrogen-bond acceptors (Lipinski definition) is 5. The van der Waals surface area contributed by atoms with Crippen LogP contribution in [-0.4, -0.2) is 35.0 Å². The van der Waals surface area contributed by atoms with Gasteiger partial charge >= 0.3 is 5.97 Å². The Hall–Kier alpha value is -2.80. The molecule has 0 aliphatic heterocycles. The Bertz CT molecular complexity index is 904. The number of para-hydroxylation sites is 2. The van der Waals surface area contributed by atoms with Gasteiger partial charge in [0, 0.05) is 24.3 Å². The molecule has 0 unspecified atom stereocenters. The summed E-state index contributed by atoms with van der Waals surface area (Å²) in [4.78, 5) is 31.3. The summed E-state index contributed by atoms with van der Waals surface area (Å²) in [5.41, 5.74) is 3.71. The SMILES string of the molecule is CCOC(=O)CCCNC(=O)c1ccc(CSc2nc3ccccc3[nH]2)cc1. The van der Waals surface area contributed by atoms with Crippen molar-refractivity contribution in [2.75, 3.05) is 13.2 Å². The van der Waals surface area contributed by atoms with Gasteiger partial charge in [-0.2, -0.15) is 0 Å². The summed E-state index contributed by atoms with van der Waals surface area (Å²) in [6.07, 6.45) is 0.878. The highest BCUT2D eigenvalue weighted by Crippen LogP contribution is 2.23. The van der Waals surface area contributed by atoms with E-state index in [9.17, 15) is 9.59 Å². The van der Waals surface area contributed by atoms with E-state index in [2.05, 4.69) is 15.3 Å². The summed E-state index contributed by atoms with van der Waals surface area (Å²) in [5, 5.41) is 3.70. The zero-order valence-electron chi connectivity index (χ0n) is 15.7. The molecule has 0 fully saturated rings. The number of imidazole rings is 1. The van der Waals surface area contributed by atoms with Crippen LogP contribution in [0.25, 0.3) is 11.0 Å². The molecule has 2 N–H and O–H groups in total. The van der Waals surface area contributed by atoms with E-state index in [0.717, 1.165) is 27.5 Å². The summed E-state index contributed by atoms with van der Waals surface area (Å²) < 4.78 is 4.86. The Morgan fingerprint density at radius 3 is 2.68 bits per heavy atom. The number of nitrogens with zero attached hydrogens (tertiary/aromatic N) is 1. The van der Waals surface area contributed by atoms with E-state index >= 15 is 0 Å². The van der Waals surface area contributed by atoms with Crippen LogP contribution in [0, 0.1) is 0 Å². The Kier molecular flexibility index (Phi) is 7.08. The number of carbonyl (C=O) groups is 2. The van der Waals surface area contributed by atoms with Crippen LogP contribution in [0.15, 0.2) is 53.7 Å². The van der Waals surface area contributed by atoms with Gasteiger partial charge in [-0.3, -0.25) is 9.59 Å². The van der Waals surface area contributed by atoms with Gasteiger partial charge in [0.25, 0.3) is 5.91 Å². The quantitative estimate of drug-likeness (QED) is 0.325. The van der Waals surface area contributed by atoms with Crippen molar-refractivity contribution in [2.24, 2.45) is 0 Å². The average molecular weight is 398 g/mol. The van der Waals surface area contributed by atoms with Crippen molar-refractivity contribution in [3.63, 3.8) is 0 Å². The number of aromatic nitrogens is 2. The Labute approximate surface area is 168 Å². The molecule has 0 aliphatic rings. The van der Waals surface area contributed by atoms with Gasteiger partial charge in [0.15, 0.2) is 5.16 Å². The highest BCUT2D eigenvalue weighted by Gasteiger charge is 2.07. The molecule has 0 aliphatic carbocycles. The molecule has 1 aromatic heterocycles. The highest BCUT2D eigenvalue weighted by atomic mass is 32.2. The van der Waals surface area contributed by atoms with E-state index in [0.29, 0.717) is 31.6 Å². The summed E-state index contributed by atoms with van der Waals surface area (Å²) >= 11 is 1.63. The number of hydrogen-bond donors (Lipinski definition) is 2. The molecule has 3 rings (SSSR count). The molecule has 1 amide bonds. The molecule has 0 bridgehead atoms. The normalized spacial score (nSPS) is 10.8. The van der Waals surface area contributed by atoms with Gasteiger partial charge < -0.3 is 15.0 Å². The van der Waals surface area contributed by atoms with Crippen molar-refractivity contribution in [1.82, 2.24) is 15.3 Å². The lowest BCUT2D eigenvalue weighted by molar-refractivity contribution is -0.143. The third-order valence-corrected chi connectivity index (χ3v) is 5.05. The molecule has 0 spiro atoms. The van der Waals surface area contributed by atoms with Gasteiger partial charge in [0.05, 0.1) is 17.6 Å². The minimum atomic E-state index is -0.233. The van der Waals surface area contributed by atoms with E-state index in [-0.39, 0.29) is 11.9 Å². The second-order valence-corrected chi connectivity index (χ2v) is 7.17. The second kappa shape index (κ2) is 9.94. The molecular weight excluding hydrogens is 374 g/mol. The number of thioether (sulfide) groups is 1. The second-order valence-electron chi connectivity index (χ2n) is 6.21. The topological polar surface area (TPSA) is 84.1 Å². The van der Waals surface area contributed by atoms with E-state index in [1.165, 1.54) is 0 Å². The maximum absolute atomic E-state index is 12.2. The number of ether oxygens (including phenoxy) is 1. The van der Waals surface area contributed by atoms with Crippen molar-refractivity contribution in [3.05, 3.63) is 59.7 Å². The minimum Gasteiger partial charge on any atom is -0.466 e. The largest absolute Gasteiger partial charge is 0.466 e. The summed E-state index contributed by atoms with van der Waals surface area (Å²) in [5.74, 6) is 0.393. The van der Waals surface area contributed by atoms with Crippen LogP contribution in [0.5, 0.6) is 0 Å². The molecule has 0 saturated heterocycles. The number of rotatable bonds is 9. The van der Waals surface area contributed by atoms with Crippen molar-refractivity contribution in [3.8, 4) is 0 Å². The first-order valence-electron chi connectivity index (χ1n) is 9.26. The van der Waals surface area contributed by atoms with Crippen LogP contribution < -0.4 is 5.32 Å². The molecule has 0 radical (unpaired) electrons. The number of benzene rings is 2. The lowest BCUT2D eigenvalue weighted by atomic mass is 10.1. The monoisotopic (exact) mass is 397 g/mol. The first-order chi connectivity index (χ1) is 13.7. The lowest BCUT2D eigenvalue weighted by Gasteiger charge is -2.06. The standard InChI is InChI=1S/C21H23N3O3S/c1-2-27-19(25)8-5-13-22-20(26)16-11-9-15(10-12-16)14-28-21-23-17-6-3-4-7-18(17)24-21/h3-4,6-7,9-12H,2,5,8,13-14H2,1H3,(H,22,26)(H,23,24). The molecule has 0 saturated carbocycles. The van der Waals surface area contributed by atoms with Gasteiger partial charge in [-0.05, 0) is 43.2 Å². The summed E-state index contributed by atoms with van der Waals surface area (Å²) in [6, 6.07) is 15.5. The molecule has 2 aromatic carbocycles. The predicted octanol–water partition coefficient (Wildman–Crippen LogP) is 3.93. The fourth-order valence-corrected chi connectivity index (χ4v) is 3.51. The molecule has 146 valence electrons. The number of fused-ring (bicyclic) bond motifs is 1. The van der Waals surface area contributed by atoms with E-state index in [1.807, 2.05) is 48.5 Å². The van der Waals surface area contributed by atoms with Crippen LogP contribution in [0.2, 0.25) is 0 Å². The zero-order valence-corrected chi connectivity index (χ0v) is 16.6. The number of aromatic amines is 1. The number of H-pyrrole nitrogens is 1. The predicted molar refractivity (Wildman–Crippen MR) is 110 cm³/mol. The zero-order chi connectivity index (χ0) is 19.8. The van der Waals surface area contributed by atoms with Crippen molar-refractivity contribution in [2.45, 2.75) is 30.7 Å². The van der Waals surface area contributed by atoms with Crippen LogP contribution in [-0.2, 0) is 15.3 Å². The Balaban J connectivity index is 1.45. The van der Waals surface area contributed by atoms with Crippen LogP contribution >= 0.6 is 11.8 Å². The molecule has 1 heterocycles. The molecule has 7 heteroatoms. The van der Waals surface area contributed by atoms with Gasteiger partial charge in [-0.15, -0.1) is 0 Å². The van der Waals surface area contributed by atoms with E-state index in [4.69, 9.17) is 4.74 Å². The van der Waals surface area contributed by atoms with Gasteiger partial charge in [0.2, 0.25) is 0 Å². The molecule has 28 heavy (non-hydrogen) atoms. The maximum atomic E-state index is 12.2. The number of carbonyl (C=O) groups excluding carboxylic acids is 2.